The Balaban J connectivity index is 1.70. The van der Waals surface area contributed by atoms with Crippen LogP contribution in [-0.2, 0) is 21.0 Å². The standard InChI is InChI=1S/C25H20F8O4S2/c26-22(27,23(28,29)24(30,25(31,32)33)39(34,35)36)16-7-17-37-18-12-14-21(15-13-18)38(19-8-3-1-4-9-19)20-10-5-2-6-11-20/h1-6,8-15H,7,16-17H2/p+1. The summed E-state index contributed by atoms with van der Waals surface area (Å²) in [6, 6.07) is 25.4. The van der Waals surface area contributed by atoms with E-state index >= 15 is 0 Å². The molecule has 0 aliphatic heterocycles. The van der Waals surface area contributed by atoms with Crippen LogP contribution in [0.25, 0.3) is 0 Å². The van der Waals surface area contributed by atoms with Crippen LogP contribution in [0.5, 0.6) is 5.75 Å². The highest BCUT2D eigenvalue weighted by Gasteiger charge is 2.86. The fourth-order valence-corrected chi connectivity index (χ4v) is 6.41. The Bertz CT molecular complexity index is 1300. The van der Waals surface area contributed by atoms with E-state index in [-0.39, 0.29) is 5.75 Å². The summed E-state index contributed by atoms with van der Waals surface area (Å²) >= 11 is 0. The Morgan fingerprint density at radius 1 is 0.692 bits per heavy atom. The molecule has 0 aliphatic carbocycles. The van der Waals surface area contributed by atoms with Crippen molar-refractivity contribution in [2.75, 3.05) is 6.61 Å². The normalized spacial score (nSPS) is 14.7. The molecule has 39 heavy (non-hydrogen) atoms. The maximum atomic E-state index is 14.0. The van der Waals surface area contributed by atoms with Crippen LogP contribution in [0.4, 0.5) is 35.1 Å². The summed E-state index contributed by atoms with van der Waals surface area (Å²) in [5.41, 5.74) is 0. The maximum Gasteiger partial charge on any atom is 0.446 e. The lowest BCUT2D eigenvalue weighted by Gasteiger charge is -2.36. The van der Waals surface area contributed by atoms with Gasteiger partial charge in [-0.3, -0.25) is 4.55 Å². The minimum Gasteiger partial charge on any atom is -0.494 e. The molecule has 0 saturated carbocycles. The molecule has 0 spiro atoms. The van der Waals surface area contributed by atoms with Gasteiger partial charge in [-0.1, -0.05) is 36.4 Å². The molecule has 0 aromatic heterocycles. The summed E-state index contributed by atoms with van der Waals surface area (Å²) in [6.45, 7) is -0.689. The van der Waals surface area contributed by atoms with Gasteiger partial charge in [0.1, 0.15) is 5.75 Å². The third kappa shape index (κ3) is 6.17. The summed E-state index contributed by atoms with van der Waals surface area (Å²) < 4.78 is 144. The van der Waals surface area contributed by atoms with E-state index in [9.17, 15) is 43.5 Å². The molecular formula is C25H21F8O4S2+. The highest BCUT2D eigenvalue weighted by Crippen LogP contribution is 2.55. The highest BCUT2D eigenvalue weighted by molar-refractivity contribution is 7.97. The van der Waals surface area contributed by atoms with Gasteiger partial charge in [-0.25, -0.2) is 4.39 Å². The van der Waals surface area contributed by atoms with Gasteiger partial charge in [0, 0.05) is 6.42 Å². The Morgan fingerprint density at radius 2 is 1.13 bits per heavy atom. The summed E-state index contributed by atoms with van der Waals surface area (Å²) in [6.07, 6.45) is -10.1. The van der Waals surface area contributed by atoms with Crippen LogP contribution < -0.4 is 4.74 Å². The monoisotopic (exact) mass is 601 g/mol. The summed E-state index contributed by atoms with van der Waals surface area (Å²) in [5, 5.41) is -6.91. The predicted octanol–water partition coefficient (Wildman–Crippen LogP) is 7.33. The fourth-order valence-electron chi connectivity index (χ4n) is 3.56. The van der Waals surface area contributed by atoms with Crippen molar-refractivity contribution in [2.24, 2.45) is 0 Å². The van der Waals surface area contributed by atoms with Gasteiger partial charge in [0.2, 0.25) is 0 Å². The zero-order chi connectivity index (χ0) is 29.1. The minimum atomic E-state index is -7.34. The van der Waals surface area contributed by atoms with Crippen molar-refractivity contribution in [2.45, 2.75) is 50.6 Å². The second kappa shape index (κ2) is 11.3. The van der Waals surface area contributed by atoms with Crippen molar-refractivity contribution in [1.82, 2.24) is 0 Å². The van der Waals surface area contributed by atoms with Crippen LogP contribution in [0.1, 0.15) is 12.8 Å². The van der Waals surface area contributed by atoms with Crippen LogP contribution in [0, 0.1) is 0 Å². The topological polar surface area (TPSA) is 63.6 Å². The zero-order valence-electron chi connectivity index (χ0n) is 19.7. The van der Waals surface area contributed by atoms with E-state index in [0.29, 0.717) is 0 Å². The van der Waals surface area contributed by atoms with Gasteiger partial charge in [0.15, 0.2) is 14.7 Å². The van der Waals surface area contributed by atoms with E-state index in [2.05, 4.69) is 0 Å². The molecule has 14 heteroatoms. The average Bonchev–Trinajstić information content (AvgIpc) is 2.87. The number of ether oxygens (including phenoxy) is 1. The molecular weight excluding hydrogens is 580 g/mol. The first-order valence-electron chi connectivity index (χ1n) is 11.1. The molecule has 1 atom stereocenters. The van der Waals surface area contributed by atoms with Gasteiger partial charge in [-0.2, -0.15) is 39.2 Å². The molecule has 0 radical (unpaired) electrons. The van der Waals surface area contributed by atoms with E-state index in [0.717, 1.165) is 14.7 Å². The Morgan fingerprint density at radius 3 is 1.54 bits per heavy atom. The van der Waals surface area contributed by atoms with Gasteiger partial charge in [0.05, 0.1) is 17.5 Å². The van der Waals surface area contributed by atoms with E-state index in [1.807, 2.05) is 60.7 Å². The summed E-state index contributed by atoms with van der Waals surface area (Å²) in [7, 11) is -7.85. The number of halogens is 8. The largest absolute Gasteiger partial charge is 0.494 e. The molecule has 3 rings (SSSR count). The first-order valence-corrected chi connectivity index (χ1v) is 13.7. The van der Waals surface area contributed by atoms with Crippen LogP contribution in [-0.4, -0.2) is 42.6 Å². The molecule has 1 N–H and O–H groups in total. The minimum absolute atomic E-state index is 0.131. The lowest BCUT2D eigenvalue weighted by Crippen LogP contribution is -2.66. The molecule has 3 aromatic carbocycles. The van der Waals surface area contributed by atoms with Crippen LogP contribution in [0.15, 0.2) is 99.6 Å². The van der Waals surface area contributed by atoms with Crippen molar-refractivity contribution in [3.63, 3.8) is 0 Å². The molecule has 212 valence electrons. The van der Waals surface area contributed by atoms with Crippen molar-refractivity contribution >= 4 is 21.0 Å². The second-order valence-corrected chi connectivity index (χ2v) is 11.7. The van der Waals surface area contributed by atoms with E-state index in [4.69, 9.17) is 9.29 Å². The quantitative estimate of drug-likeness (QED) is 0.108. The van der Waals surface area contributed by atoms with Gasteiger partial charge in [-0.15, -0.1) is 0 Å². The van der Waals surface area contributed by atoms with Crippen LogP contribution in [0.3, 0.4) is 0 Å². The van der Waals surface area contributed by atoms with Crippen molar-refractivity contribution in [3.8, 4) is 5.75 Å². The third-order valence-corrected chi connectivity index (χ3v) is 8.93. The van der Waals surface area contributed by atoms with Crippen LogP contribution in [0.2, 0.25) is 0 Å². The molecule has 0 aliphatic rings. The number of rotatable bonds is 11. The Labute approximate surface area is 221 Å². The lowest BCUT2D eigenvalue weighted by molar-refractivity contribution is -0.325. The van der Waals surface area contributed by atoms with Gasteiger partial charge in [0.25, 0.3) is 0 Å². The first kappa shape index (κ1) is 30.7. The first-order chi connectivity index (χ1) is 18.0. The molecule has 0 fully saturated rings. The van der Waals surface area contributed by atoms with Crippen LogP contribution >= 0.6 is 0 Å². The Hall–Kier alpha value is -2.84. The summed E-state index contributed by atoms with van der Waals surface area (Å²) in [4.78, 5) is 2.88. The molecule has 0 amide bonds. The van der Waals surface area contributed by atoms with Crippen molar-refractivity contribution in [3.05, 3.63) is 84.9 Å². The third-order valence-electron chi connectivity index (χ3n) is 5.50. The summed E-state index contributed by atoms with van der Waals surface area (Å²) in [5.74, 6) is -12.5. The van der Waals surface area contributed by atoms with Gasteiger partial charge >= 0.3 is 33.1 Å². The smallest absolute Gasteiger partial charge is 0.446 e. The molecule has 3 aromatic rings. The number of hydrogen-bond acceptors (Lipinski definition) is 3. The lowest BCUT2D eigenvalue weighted by atomic mass is 10.0. The van der Waals surface area contributed by atoms with E-state index < -0.39 is 63.5 Å². The number of hydrogen-bond donors (Lipinski definition) is 1. The van der Waals surface area contributed by atoms with E-state index in [1.165, 1.54) is 12.1 Å². The van der Waals surface area contributed by atoms with Crippen molar-refractivity contribution < 1.29 is 52.8 Å². The molecule has 4 nitrogen and oxygen atoms in total. The predicted molar refractivity (Wildman–Crippen MR) is 128 cm³/mol. The molecule has 0 heterocycles. The molecule has 0 bridgehead atoms. The van der Waals surface area contributed by atoms with Crippen molar-refractivity contribution in [1.29, 1.82) is 0 Å². The van der Waals surface area contributed by atoms with Gasteiger partial charge < -0.3 is 4.74 Å². The Kier molecular flexibility index (Phi) is 8.92. The second-order valence-electron chi connectivity index (χ2n) is 8.20. The fraction of sp³-hybridized carbons (Fsp3) is 0.280. The van der Waals surface area contributed by atoms with Gasteiger partial charge in [-0.05, 0) is 55.0 Å². The number of benzene rings is 3. The average molecular weight is 602 g/mol. The SMILES string of the molecule is O=S(=O)(O)C(F)(C(F)(F)F)C(F)(F)C(F)(F)CCCOc1ccc([S+](c2ccccc2)c2ccccc2)cc1. The highest BCUT2D eigenvalue weighted by atomic mass is 32.2. The molecule has 1 unspecified atom stereocenters. The molecule has 0 saturated heterocycles. The zero-order valence-corrected chi connectivity index (χ0v) is 21.3. The van der Waals surface area contributed by atoms with E-state index in [1.54, 1.807) is 12.1 Å². The number of alkyl halides is 8. The maximum absolute atomic E-state index is 14.0.